The number of carbonyl (C=O) groups excluding carboxylic acids is 1. The average Bonchev–Trinajstić information content (AvgIpc) is 2.53. The molecule has 1 nitrogen and oxygen atoms in total. The van der Waals surface area contributed by atoms with E-state index < -0.39 is 0 Å². The summed E-state index contributed by atoms with van der Waals surface area (Å²) < 4.78 is 0. The first-order valence-electron chi connectivity index (χ1n) is 5.71. The highest BCUT2D eigenvalue weighted by molar-refractivity contribution is 5.87. The van der Waals surface area contributed by atoms with Crippen molar-refractivity contribution in [2.75, 3.05) is 0 Å². The topological polar surface area (TPSA) is 17.1 Å². The Balaban J connectivity index is 1.89. The van der Waals surface area contributed by atoms with Crippen molar-refractivity contribution in [3.8, 4) is 0 Å². The van der Waals surface area contributed by atoms with Crippen LogP contribution in [0, 0.1) is 28.6 Å². The van der Waals surface area contributed by atoms with E-state index in [1.807, 2.05) is 0 Å². The Bertz CT molecular complexity index is 321. The van der Waals surface area contributed by atoms with Crippen LogP contribution in [0.4, 0.5) is 0 Å². The van der Waals surface area contributed by atoms with Gasteiger partial charge in [-0.15, -0.1) is 0 Å². The summed E-state index contributed by atoms with van der Waals surface area (Å²) >= 11 is 0. The zero-order chi connectivity index (χ0) is 8.84. The molecule has 0 heterocycles. The highest BCUT2D eigenvalue weighted by atomic mass is 16.1. The molecule has 0 aromatic carbocycles. The zero-order valence-electron chi connectivity index (χ0n) is 8.18. The Morgan fingerprint density at radius 1 is 1.23 bits per heavy atom. The summed E-state index contributed by atoms with van der Waals surface area (Å²) in [5.41, 5.74) is 1.17. The lowest BCUT2D eigenvalue weighted by molar-refractivity contribution is -0.249. The van der Waals surface area contributed by atoms with E-state index in [0.29, 0.717) is 22.5 Å². The zero-order valence-corrected chi connectivity index (χ0v) is 8.18. The molecule has 4 rings (SSSR count). The second-order valence-corrected chi connectivity index (χ2v) is 6.10. The molecule has 1 heteroatoms. The van der Waals surface area contributed by atoms with Gasteiger partial charge in [0.15, 0.2) is 0 Å². The largest absolute Gasteiger partial charge is 0.299 e. The number of Topliss-reactive ketones (excluding diaryl/α,β-unsaturated/α-hetero) is 1. The normalized spacial score (nSPS) is 66.8. The molecule has 0 N–H and O–H groups in total. The minimum absolute atomic E-state index is 0.517. The van der Waals surface area contributed by atoms with Gasteiger partial charge in [0, 0.05) is 12.3 Å². The van der Waals surface area contributed by atoms with Crippen LogP contribution < -0.4 is 0 Å². The van der Waals surface area contributed by atoms with Gasteiger partial charge in [0.25, 0.3) is 0 Å². The van der Waals surface area contributed by atoms with Crippen LogP contribution in [-0.4, -0.2) is 5.78 Å². The predicted molar refractivity (Wildman–Crippen MR) is 49.1 cm³/mol. The fraction of sp³-hybridized carbons (Fsp3) is 0.917. The number of ketones is 1. The SMILES string of the molecule is C[C@@]12C[C@@H]3CC[C@H]4CC(=O)[C@H](C1)C432. The van der Waals surface area contributed by atoms with Crippen LogP contribution in [-0.2, 0) is 4.79 Å². The third-order valence-corrected chi connectivity index (χ3v) is 6.02. The van der Waals surface area contributed by atoms with Crippen LogP contribution >= 0.6 is 0 Å². The van der Waals surface area contributed by atoms with Crippen molar-refractivity contribution in [1.29, 1.82) is 0 Å². The molecule has 4 saturated carbocycles. The Labute approximate surface area is 78.9 Å². The van der Waals surface area contributed by atoms with Crippen LogP contribution in [0.2, 0.25) is 0 Å². The quantitative estimate of drug-likeness (QED) is 0.554. The van der Waals surface area contributed by atoms with E-state index in [0.717, 1.165) is 18.3 Å². The van der Waals surface area contributed by atoms with Crippen molar-refractivity contribution < 1.29 is 4.79 Å². The molecular weight excluding hydrogens is 160 g/mol. The molecule has 0 aromatic heterocycles. The smallest absolute Gasteiger partial charge is 0.136 e. The number of hydrogen-bond acceptors (Lipinski definition) is 1. The predicted octanol–water partition coefficient (Wildman–Crippen LogP) is 2.40. The van der Waals surface area contributed by atoms with E-state index >= 15 is 0 Å². The minimum Gasteiger partial charge on any atom is -0.299 e. The van der Waals surface area contributed by atoms with Gasteiger partial charge in [0.05, 0.1) is 0 Å². The summed E-state index contributed by atoms with van der Waals surface area (Å²) in [6.45, 7) is 2.44. The first kappa shape index (κ1) is 7.03. The summed E-state index contributed by atoms with van der Waals surface area (Å²) in [5, 5.41) is 0. The summed E-state index contributed by atoms with van der Waals surface area (Å²) in [5.74, 6) is 2.89. The molecule has 0 aliphatic heterocycles. The highest BCUT2D eigenvalue weighted by Crippen LogP contribution is 2.85. The molecule has 13 heavy (non-hydrogen) atoms. The molecule has 0 saturated heterocycles. The van der Waals surface area contributed by atoms with Crippen LogP contribution in [0.1, 0.15) is 39.0 Å². The molecule has 4 aliphatic carbocycles. The van der Waals surface area contributed by atoms with Gasteiger partial charge in [-0.05, 0) is 48.3 Å². The molecular formula is C12H16O. The number of rotatable bonds is 0. The van der Waals surface area contributed by atoms with Gasteiger partial charge in [-0.25, -0.2) is 0 Å². The summed E-state index contributed by atoms with van der Waals surface area (Å²) in [6, 6.07) is 0. The molecule has 4 aliphatic rings. The molecule has 5 atom stereocenters. The standard InChI is InChI=1S/C12H16O/c1-11-5-8-3-2-7-4-10(13)9(6-11)12(7,8)11/h7-9H,2-6H2,1H3/t7-,8-,9-,11+,12?/m0/s1. The number of carbonyl (C=O) groups is 1. The second kappa shape index (κ2) is 1.62. The molecule has 0 bridgehead atoms. The molecule has 4 fully saturated rings. The van der Waals surface area contributed by atoms with Crippen LogP contribution in [0.15, 0.2) is 0 Å². The molecule has 0 aromatic rings. The van der Waals surface area contributed by atoms with E-state index in [2.05, 4.69) is 6.92 Å². The van der Waals surface area contributed by atoms with Crippen molar-refractivity contribution in [3.63, 3.8) is 0 Å². The molecule has 70 valence electrons. The fourth-order valence-corrected chi connectivity index (χ4v) is 5.83. The molecule has 1 spiro atoms. The van der Waals surface area contributed by atoms with E-state index in [4.69, 9.17) is 0 Å². The summed E-state index contributed by atoms with van der Waals surface area (Å²) in [4.78, 5) is 11.8. The monoisotopic (exact) mass is 176 g/mol. The highest BCUT2D eigenvalue weighted by Gasteiger charge is 2.81. The maximum atomic E-state index is 11.8. The Kier molecular flexibility index (Phi) is 0.874. The van der Waals surface area contributed by atoms with Gasteiger partial charge < -0.3 is 0 Å². The van der Waals surface area contributed by atoms with E-state index in [-0.39, 0.29) is 0 Å². The second-order valence-electron chi connectivity index (χ2n) is 6.10. The van der Waals surface area contributed by atoms with Crippen molar-refractivity contribution in [3.05, 3.63) is 0 Å². The minimum atomic E-state index is 0.517. The Morgan fingerprint density at radius 3 is 2.69 bits per heavy atom. The van der Waals surface area contributed by atoms with E-state index in [1.54, 1.807) is 0 Å². The number of hydrogen-bond donors (Lipinski definition) is 0. The van der Waals surface area contributed by atoms with Gasteiger partial charge in [0.2, 0.25) is 0 Å². The maximum Gasteiger partial charge on any atom is 0.136 e. The first-order chi connectivity index (χ1) is 6.18. The van der Waals surface area contributed by atoms with Crippen molar-refractivity contribution >= 4 is 5.78 Å². The Hall–Kier alpha value is -0.330. The van der Waals surface area contributed by atoms with Gasteiger partial charge in [0.1, 0.15) is 5.78 Å². The first-order valence-corrected chi connectivity index (χ1v) is 5.71. The van der Waals surface area contributed by atoms with Crippen LogP contribution in [0.3, 0.4) is 0 Å². The van der Waals surface area contributed by atoms with Crippen molar-refractivity contribution in [2.24, 2.45) is 28.6 Å². The fourth-order valence-electron chi connectivity index (χ4n) is 5.83. The molecule has 0 radical (unpaired) electrons. The average molecular weight is 176 g/mol. The molecule has 1 unspecified atom stereocenters. The third-order valence-electron chi connectivity index (χ3n) is 6.02. The van der Waals surface area contributed by atoms with Gasteiger partial charge in [-0.1, -0.05) is 6.92 Å². The van der Waals surface area contributed by atoms with Crippen molar-refractivity contribution in [2.45, 2.75) is 39.0 Å². The van der Waals surface area contributed by atoms with E-state index in [9.17, 15) is 4.79 Å². The lowest BCUT2D eigenvalue weighted by Crippen LogP contribution is -2.68. The summed E-state index contributed by atoms with van der Waals surface area (Å²) in [6.07, 6.45) is 6.41. The Morgan fingerprint density at radius 2 is 2.00 bits per heavy atom. The maximum absolute atomic E-state index is 11.8. The van der Waals surface area contributed by atoms with Gasteiger partial charge in [-0.2, -0.15) is 0 Å². The molecule has 0 amide bonds. The lowest BCUT2D eigenvalue weighted by atomic mass is 9.31. The van der Waals surface area contributed by atoms with Crippen LogP contribution in [0.5, 0.6) is 0 Å². The van der Waals surface area contributed by atoms with Crippen molar-refractivity contribution in [1.82, 2.24) is 0 Å². The van der Waals surface area contributed by atoms with E-state index in [1.165, 1.54) is 25.7 Å². The lowest BCUT2D eigenvalue weighted by Gasteiger charge is -2.72. The third kappa shape index (κ3) is 0.442. The summed E-state index contributed by atoms with van der Waals surface area (Å²) in [7, 11) is 0. The van der Waals surface area contributed by atoms with Gasteiger partial charge >= 0.3 is 0 Å². The van der Waals surface area contributed by atoms with Crippen LogP contribution in [0.25, 0.3) is 0 Å². The van der Waals surface area contributed by atoms with Gasteiger partial charge in [-0.3, -0.25) is 4.79 Å².